The second kappa shape index (κ2) is 6.33. The lowest BCUT2D eigenvalue weighted by Crippen LogP contribution is -2.18. The predicted octanol–water partition coefficient (Wildman–Crippen LogP) is 4.49. The summed E-state index contributed by atoms with van der Waals surface area (Å²) in [6, 6.07) is 2.44. The minimum Gasteiger partial charge on any atom is -0.380 e. The fourth-order valence-corrected chi connectivity index (χ4v) is 1.96. The summed E-state index contributed by atoms with van der Waals surface area (Å²) in [5.74, 6) is 0. The summed E-state index contributed by atoms with van der Waals surface area (Å²) in [7, 11) is 0. The average Bonchev–Trinajstić information content (AvgIpc) is 2.22. The monoisotopic (exact) mass is 290 g/mol. The number of halogens is 2. The van der Waals surface area contributed by atoms with E-state index >= 15 is 0 Å². The molecule has 1 unspecified atom stereocenters. The molecule has 84 valence electrons. The molecule has 0 saturated heterocycles. The molecule has 0 aromatic carbocycles. The Labute approximate surface area is 105 Å². The van der Waals surface area contributed by atoms with Crippen LogP contribution in [0, 0.1) is 0 Å². The van der Waals surface area contributed by atoms with Crippen molar-refractivity contribution >= 4 is 33.2 Å². The van der Waals surface area contributed by atoms with E-state index in [2.05, 4.69) is 40.1 Å². The predicted molar refractivity (Wildman–Crippen MR) is 69.6 cm³/mol. The molecule has 4 heteroatoms. The molecule has 0 aliphatic carbocycles. The van der Waals surface area contributed by atoms with Gasteiger partial charge in [-0.1, -0.05) is 31.9 Å². The lowest BCUT2D eigenvalue weighted by atomic mass is 10.1. The number of nitrogens with zero attached hydrogens (tertiary/aromatic N) is 1. The minimum absolute atomic E-state index is 0.476. The SMILES string of the molecule is CCCC(CC)Nc1cc(Br)cnc1Cl. The van der Waals surface area contributed by atoms with Crippen molar-refractivity contribution in [1.82, 2.24) is 4.98 Å². The largest absolute Gasteiger partial charge is 0.380 e. The Bertz CT molecular complexity index is 317. The van der Waals surface area contributed by atoms with Gasteiger partial charge in [0.2, 0.25) is 0 Å². The standard InChI is InChI=1S/C11H16BrClN2/c1-3-5-9(4-2)15-10-6-8(12)7-14-11(10)13/h6-7,9,15H,3-5H2,1-2H3. The van der Waals surface area contributed by atoms with Gasteiger partial charge in [0.05, 0.1) is 5.69 Å². The molecule has 1 atom stereocenters. The average molecular weight is 292 g/mol. The third-order valence-corrected chi connectivity index (χ3v) is 3.03. The second-order valence-corrected chi connectivity index (χ2v) is 4.80. The molecule has 0 amide bonds. The van der Waals surface area contributed by atoms with E-state index in [4.69, 9.17) is 11.6 Å². The number of aromatic nitrogens is 1. The second-order valence-electron chi connectivity index (χ2n) is 3.53. The van der Waals surface area contributed by atoms with Gasteiger partial charge in [-0.15, -0.1) is 0 Å². The Balaban J connectivity index is 2.73. The van der Waals surface area contributed by atoms with Crippen LogP contribution in [-0.4, -0.2) is 11.0 Å². The van der Waals surface area contributed by atoms with Gasteiger partial charge in [-0.05, 0) is 34.8 Å². The normalized spacial score (nSPS) is 12.5. The molecule has 0 aliphatic heterocycles. The minimum atomic E-state index is 0.476. The maximum Gasteiger partial charge on any atom is 0.152 e. The highest BCUT2D eigenvalue weighted by molar-refractivity contribution is 9.10. The summed E-state index contributed by atoms with van der Waals surface area (Å²) >= 11 is 9.39. The van der Waals surface area contributed by atoms with Crippen LogP contribution in [0.1, 0.15) is 33.1 Å². The quantitative estimate of drug-likeness (QED) is 0.809. The number of rotatable bonds is 5. The summed E-state index contributed by atoms with van der Waals surface area (Å²) in [5, 5.41) is 3.95. The van der Waals surface area contributed by atoms with Gasteiger partial charge in [0.25, 0.3) is 0 Å². The molecule has 2 nitrogen and oxygen atoms in total. The van der Waals surface area contributed by atoms with E-state index in [9.17, 15) is 0 Å². The molecule has 0 fully saturated rings. The van der Waals surface area contributed by atoms with Crippen molar-refractivity contribution in [3.63, 3.8) is 0 Å². The summed E-state index contributed by atoms with van der Waals surface area (Å²) in [5.41, 5.74) is 0.909. The zero-order valence-electron chi connectivity index (χ0n) is 9.06. The molecule has 1 heterocycles. The topological polar surface area (TPSA) is 24.9 Å². The van der Waals surface area contributed by atoms with Gasteiger partial charge in [-0.25, -0.2) is 4.98 Å². The van der Waals surface area contributed by atoms with Crippen LogP contribution in [0.15, 0.2) is 16.7 Å². The van der Waals surface area contributed by atoms with Crippen LogP contribution in [0.5, 0.6) is 0 Å². The summed E-state index contributed by atoms with van der Waals surface area (Å²) in [6.07, 6.45) is 5.12. The molecule has 1 rings (SSSR count). The van der Waals surface area contributed by atoms with Gasteiger partial charge in [0, 0.05) is 16.7 Å². The first-order valence-corrected chi connectivity index (χ1v) is 6.42. The Hall–Kier alpha value is -0.280. The van der Waals surface area contributed by atoms with Gasteiger partial charge < -0.3 is 5.32 Å². The van der Waals surface area contributed by atoms with Crippen LogP contribution in [0.4, 0.5) is 5.69 Å². The van der Waals surface area contributed by atoms with E-state index < -0.39 is 0 Å². The van der Waals surface area contributed by atoms with Crippen molar-refractivity contribution in [3.8, 4) is 0 Å². The third-order valence-electron chi connectivity index (χ3n) is 2.30. The summed E-state index contributed by atoms with van der Waals surface area (Å²) < 4.78 is 0.945. The van der Waals surface area contributed by atoms with Gasteiger partial charge in [0.15, 0.2) is 5.15 Å². The maximum absolute atomic E-state index is 6.00. The van der Waals surface area contributed by atoms with Crippen LogP contribution in [0.25, 0.3) is 0 Å². The first kappa shape index (κ1) is 12.8. The number of anilines is 1. The molecule has 0 bridgehead atoms. The summed E-state index contributed by atoms with van der Waals surface area (Å²) in [6.45, 7) is 4.36. The first-order valence-electron chi connectivity index (χ1n) is 5.25. The van der Waals surface area contributed by atoms with Crippen LogP contribution >= 0.6 is 27.5 Å². The van der Waals surface area contributed by atoms with E-state index in [1.165, 1.54) is 6.42 Å². The van der Waals surface area contributed by atoms with E-state index in [-0.39, 0.29) is 0 Å². The molecular weight excluding hydrogens is 275 g/mol. The Morgan fingerprint density at radius 1 is 1.53 bits per heavy atom. The van der Waals surface area contributed by atoms with Crippen molar-refractivity contribution in [2.45, 2.75) is 39.2 Å². The molecule has 0 saturated carbocycles. The summed E-state index contributed by atoms with van der Waals surface area (Å²) in [4.78, 5) is 4.08. The van der Waals surface area contributed by atoms with Crippen molar-refractivity contribution in [3.05, 3.63) is 21.9 Å². The highest BCUT2D eigenvalue weighted by Gasteiger charge is 2.08. The van der Waals surface area contributed by atoms with E-state index in [0.29, 0.717) is 11.2 Å². The number of hydrogen-bond acceptors (Lipinski definition) is 2. The molecule has 1 aromatic heterocycles. The number of hydrogen-bond donors (Lipinski definition) is 1. The Kier molecular flexibility index (Phi) is 5.40. The highest BCUT2D eigenvalue weighted by atomic mass is 79.9. The van der Waals surface area contributed by atoms with Crippen LogP contribution in [0.2, 0.25) is 5.15 Å². The van der Waals surface area contributed by atoms with E-state index in [1.54, 1.807) is 6.20 Å². The van der Waals surface area contributed by atoms with Crippen LogP contribution in [-0.2, 0) is 0 Å². The van der Waals surface area contributed by atoms with Crippen molar-refractivity contribution in [2.24, 2.45) is 0 Å². The molecule has 15 heavy (non-hydrogen) atoms. The molecular formula is C11H16BrClN2. The van der Waals surface area contributed by atoms with E-state index in [0.717, 1.165) is 23.0 Å². The van der Waals surface area contributed by atoms with E-state index in [1.807, 2.05) is 6.07 Å². The van der Waals surface area contributed by atoms with Gasteiger partial charge >= 0.3 is 0 Å². The van der Waals surface area contributed by atoms with Crippen molar-refractivity contribution < 1.29 is 0 Å². The maximum atomic E-state index is 6.00. The number of nitrogens with one attached hydrogen (secondary N) is 1. The van der Waals surface area contributed by atoms with Crippen molar-refractivity contribution in [2.75, 3.05) is 5.32 Å². The van der Waals surface area contributed by atoms with Crippen LogP contribution < -0.4 is 5.32 Å². The third kappa shape index (κ3) is 3.99. The zero-order valence-corrected chi connectivity index (χ0v) is 11.4. The van der Waals surface area contributed by atoms with Gasteiger partial charge in [0.1, 0.15) is 0 Å². The Morgan fingerprint density at radius 2 is 2.27 bits per heavy atom. The molecule has 0 spiro atoms. The van der Waals surface area contributed by atoms with Gasteiger partial charge in [-0.2, -0.15) is 0 Å². The fourth-order valence-electron chi connectivity index (χ4n) is 1.47. The Morgan fingerprint density at radius 3 is 2.87 bits per heavy atom. The van der Waals surface area contributed by atoms with Crippen molar-refractivity contribution in [1.29, 1.82) is 0 Å². The lowest BCUT2D eigenvalue weighted by Gasteiger charge is -2.18. The number of pyridine rings is 1. The smallest absolute Gasteiger partial charge is 0.152 e. The van der Waals surface area contributed by atoms with Gasteiger partial charge in [-0.3, -0.25) is 0 Å². The fraction of sp³-hybridized carbons (Fsp3) is 0.545. The highest BCUT2D eigenvalue weighted by Crippen LogP contribution is 2.24. The molecule has 1 aromatic rings. The zero-order chi connectivity index (χ0) is 11.3. The molecule has 0 aliphatic rings. The lowest BCUT2D eigenvalue weighted by molar-refractivity contribution is 0.622. The molecule has 1 N–H and O–H groups in total. The molecule has 0 radical (unpaired) electrons. The van der Waals surface area contributed by atoms with Crippen LogP contribution in [0.3, 0.4) is 0 Å². The first-order chi connectivity index (χ1) is 7.17.